The standard InChI is InChI=1S/C14H21NO4S2/c1-15(11-8-21(17,18)9-12(11)16)7-10-4-5-14(20-3)13(6-10)19-2/h4-6,11-12,16H,7-9H2,1-3H3. The van der Waals surface area contributed by atoms with E-state index in [0.717, 1.165) is 16.2 Å². The van der Waals surface area contributed by atoms with Crippen LogP contribution < -0.4 is 4.74 Å². The van der Waals surface area contributed by atoms with E-state index >= 15 is 0 Å². The van der Waals surface area contributed by atoms with Crippen LogP contribution in [-0.4, -0.2) is 62.5 Å². The zero-order chi connectivity index (χ0) is 15.6. The highest BCUT2D eigenvalue weighted by atomic mass is 32.2. The molecule has 1 aliphatic heterocycles. The van der Waals surface area contributed by atoms with Gasteiger partial charge >= 0.3 is 0 Å². The molecule has 0 aromatic heterocycles. The molecule has 118 valence electrons. The van der Waals surface area contributed by atoms with E-state index in [9.17, 15) is 13.5 Å². The summed E-state index contributed by atoms with van der Waals surface area (Å²) >= 11 is 1.62. The molecule has 1 heterocycles. The highest BCUT2D eigenvalue weighted by molar-refractivity contribution is 7.98. The average molecular weight is 331 g/mol. The zero-order valence-corrected chi connectivity index (χ0v) is 14.1. The lowest BCUT2D eigenvalue weighted by molar-refractivity contribution is 0.0957. The monoisotopic (exact) mass is 331 g/mol. The van der Waals surface area contributed by atoms with E-state index < -0.39 is 15.9 Å². The summed E-state index contributed by atoms with van der Waals surface area (Å²) in [6.45, 7) is 0.572. The van der Waals surface area contributed by atoms with Crippen LogP contribution in [0.4, 0.5) is 0 Å². The minimum Gasteiger partial charge on any atom is -0.496 e. The summed E-state index contributed by atoms with van der Waals surface area (Å²) < 4.78 is 28.5. The summed E-state index contributed by atoms with van der Waals surface area (Å²) in [7, 11) is 0.347. The second-order valence-corrected chi connectivity index (χ2v) is 8.32. The molecule has 1 saturated heterocycles. The highest BCUT2D eigenvalue weighted by Gasteiger charge is 2.38. The summed E-state index contributed by atoms with van der Waals surface area (Å²) in [5.74, 6) is 0.689. The number of ether oxygens (including phenoxy) is 1. The molecule has 0 spiro atoms. The van der Waals surface area contributed by atoms with Crippen molar-refractivity contribution in [3.8, 4) is 5.75 Å². The molecule has 2 rings (SSSR count). The summed E-state index contributed by atoms with van der Waals surface area (Å²) in [6.07, 6.45) is 1.18. The van der Waals surface area contributed by atoms with Crippen molar-refractivity contribution in [2.45, 2.75) is 23.6 Å². The van der Waals surface area contributed by atoms with E-state index in [1.54, 1.807) is 18.9 Å². The number of hydrogen-bond acceptors (Lipinski definition) is 6. The molecule has 2 unspecified atom stereocenters. The maximum absolute atomic E-state index is 11.6. The van der Waals surface area contributed by atoms with Crippen molar-refractivity contribution in [3.05, 3.63) is 23.8 Å². The Labute approximate surface area is 130 Å². The maximum Gasteiger partial charge on any atom is 0.154 e. The van der Waals surface area contributed by atoms with Crippen LogP contribution in [-0.2, 0) is 16.4 Å². The van der Waals surface area contributed by atoms with Gasteiger partial charge in [-0.25, -0.2) is 8.42 Å². The van der Waals surface area contributed by atoms with E-state index in [2.05, 4.69) is 0 Å². The Morgan fingerprint density at radius 3 is 2.67 bits per heavy atom. The Morgan fingerprint density at radius 1 is 1.43 bits per heavy atom. The molecule has 1 aromatic rings. The fourth-order valence-electron chi connectivity index (χ4n) is 2.62. The number of rotatable bonds is 5. The lowest BCUT2D eigenvalue weighted by atomic mass is 10.1. The third kappa shape index (κ3) is 3.91. The van der Waals surface area contributed by atoms with E-state index in [1.165, 1.54) is 0 Å². The summed E-state index contributed by atoms with van der Waals surface area (Å²) in [4.78, 5) is 2.95. The van der Waals surface area contributed by atoms with Gasteiger partial charge in [-0.05, 0) is 31.0 Å². The van der Waals surface area contributed by atoms with Gasteiger partial charge in [0.05, 0.1) is 30.8 Å². The number of aliphatic hydroxyl groups excluding tert-OH is 1. The number of benzene rings is 1. The molecule has 0 radical (unpaired) electrons. The first-order chi connectivity index (χ1) is 9.86. The minimum absolute atomic E-state index is 0.0185. The normalized spacial score (nSPS) is 24.4. The zero-order valence-electron chi connectivity index (χ0n) is 12.4. The molecule has 1 aromatic carbocycles. The van der Waals surface area contributed by atoms with Crippen LogP contribution >= 0.6 is 11.8 Å². The first kappa shape index (κ1) is 16.6. The SMILES string of the molecule is COc1cc(CN(C)C2CS(=O)(=O)CC2O)ccc1SC. The molecule has 5 nitrogen and oxygen atoms in total. The topological polar surface area (TPSA) is 66.8 Å². The quantitative estimate of drug-likeness (QED) is 0.812. The smallest absolute Gasteiger partial charge is 0.154 e. The third-order valence-corrected chi connectivity index (χ3v) is 6.22. The first-order valence-electron chi connectivity index (χ1n) is 6.66. The van der Waals surface area contributed by atoms with E-state index in [1.807, 2.05) is 36.4 Å². The van der Waals surface area contributed by atoms with Crippen LogP contribution in [0.1, 0.15) is 5.56 Å². The summed E-state index contributed by atoms with van der Waals surface area (Å²) in [6, 6.07) is 5.61. The molecule has 1 aliphatic rings. The summed E-state index contributed by atoms with van der Waals surface area (Å²) in [5, 5.41) is 9.91. The van der Waals surface area contributed by atoms with Gasteiger partial charge in [0, 0.05) is 11.4 Å². The number of likely N-dealkylation sites (N-methyl/N-ethyl adjacent to an activating group) is 1. The van der Waals surface area contributed by atoms with Crippen molar-refractivity contribution in [1.82, 2.24) is 4.90 Å². The molecule has 0 bridgehead atoms. The molecule has 21 heavy (non-hydrogen) atoms. The fourth-order valence-corrected chi connectivity index (χ4v) is 5.04. The van der Waals surface area contributed by atoms with Crippen LogP contribution in [0.25, 0.3) is 0 Å². The Bertz CT molecular complexity index is 603. The number of hydrogen-bond donors (Lipinski definition) is 1. The minimum atomic E-state index is -3.13. The van der Waals surface area contributed by atoms with Crippen LogP contribution in [0, 0.1) is 0 Å². The van der Waals surface area contributed by atoms with Gasteiger partial charge in [-0.1, -0.05) is 6.07 Å². The second-order valence-electron chi connectivity index (χ2n) is 5.32. The molecule has 0 saturated carbocycles. The molecule has 2 atom stereocenters. The van der Waals surface area contributed by atoms with Gasteiger partial charge < -0.3 is 9.84 Å². The van der Waals surface area contributed by atoms with Gasteiger partial charge in [0.2, 0.25) is 0 Å². The predicted molar refractivity (Wildman–Crippen MR) is 84.7 cm³/mol. The van der Waals surface area contributed by atoms with Crippen LogP contribution in [0.5, 0.6) is 5.75 Å². The van der Waals surface area contributed by atoms with Crippen molar-refractivity contribution >= 4 is 21.6 Å². The van der Waals surface area contributed by atoms with Crippen molar-refractivity contribution in [3.63, 3.8) is 0 Å². The summed E-state index contributed by atoms with van der Waals surface area (Å²) in [5.41, 5.74) is 1.03. The van der Waals surface area contributed by atoms with E-state index in [-0.39, 0.29) is 17.5 Å². The average Bonchev–Trinajstić information content (AvgIpc) is 2.72. The van der Waals surface area contributed by atoms with Gasteiger partial charge in [-0.2, -0.15) is 0 Å². The fraction of sp³-hybridized carbons (Fsp3) is 0.571. The van der Waals surface area contributed by atoms with Crippen molar-refractivity contribution in [1.29, 1.82) is 0 Å². The van der Waals surface area contributed by atoms with Crippen LogP contribution in [0.2, 0.25) is 0 Å². The van der Waals surface area contributed by atoms with Gasteiger partial charge in [-0.15, -0.1) is 11.8 Å². The van der Waals surface area contributed by atoms with E-state index in [4.69, 9.17) is 4.74 Å². The Kier molecular flexibility index (Phi) is 5.19. The molecule has 0 aliphatic carbocycles. The van der Waals surface area contributed by atoms with Gasteiger partial charge in [0.1, 0.15) is 5.75 Å². The van der Waals surface area contributed by atoms with Gasteiger partial charge in [0.25, 0.3) is 0 Å². The molecule has 1 fully saturated rings. The lowest BCUT2D eigenvalue weighted by Crippen LogP contribution is -2.40. The first-order valence-corrected chi connectivity index (χ1v) is 9.70. The predicted octanol–water partition coefficient (Wildman–Crippen LogP) is 1.01. The van der Waals surface area contributed by atoms with Gasteiger partial charge in [-0.3, -0.25) is 4.90 Å². The number of aliphatic hydroxyl groups is 1. The third-order valence-electron chi connectivity index (χ3n) is 3.74. The molecule has 1 N–H and O–H groups in total. The number of thioether (sulfide) groups is 1. The number of methoxy groups -OCH3 is 1. The number of nitrogens with zero attached hydrogens (tertiary/aromatic N) is 1. The van der Waals surface area contributed by atoms with Gasteiger partial charge in [0.15, 0.2) is 9.84 Å². The Morgan fingerprint density at radius 2 is 2.14 bits per heavy atom. The van der Waals surface area contributed by atoms with Crippen molar-refractivity contribution in [2.24, 2.45) is 0 Å². The second kappa shape index (κ2) is 6.56. The van der Waals surface area contributed by atoms with E-state index in [0.29, 0.717) is 6.54 Å². The largest absolute Gasteiger partial charge is 0.496 e. The molecule has 7 heteroatoms. The molecular weight excluding hydrogens is 310 g/mol. The maximum atomic E-state index is 11.6. The molecule has 0 amide bonds. The highest BCUT2D eigenvalue weighted by Crippen LogP contribution is 2.29. The Balaban J connectivity index is 2.11. The van der Waals surface area contributed by atoms with Crippen LogP contribution in [0.15, 0.2) is 23.1 Å². The molecular formula is C14H21NO4S2. The lowest BCUT2D eigenvalue weighted by Gasteiger charge is -2.26. The van der Waals surface area contributed by atoms with Crippen molar-refractivity contribution < 1.29 is 18.3 Å². The number of sulfone groups is 1. The Hall–Kier alpha value is -0.760. The van der Waals surface area contributed by atoms with Crippen molar-refractivity contribution in [2.75, 3.05) is 31.9 Å². The van der Waals surface area contributed by atoms with Crippen LogP contribution in [0.3, 0.4) is 0 Å².